The van der Waals surface area contributed by atoms with Crippen molar-refractivity contribution < 1.29 is 14.2 Å². The summed E-state index contributed by atoms with van der Waals surface area (Å²) in [7, 11) is 1.56. The van der Waals surface area contributed by atoms with Crippen molar-refractivity contribution >= 4 is 0 Å². The summed E-state index contributed by atoms with van der Waals surface area (Å²) in [6.45, 7) is 0. The molecule has 0 heterocycles. The van der Waals surface area contributed by atoms with Crippen LogP contribution < -0.4 is 4.74 Å². The van der Waals surface area contributed by atoms with E-state index in [4.69, 9.17) is 4.74 Å². The first-order chi connectivity index (χ1) is 7.72. The molecule has 1 N–H and O–H groups in total. The highest BCUT2D eigenvalue weighted by Gasteiger charge is 2.08. The standard InChI is InChI=1S/C13H11FO2/c1-16-10-5-2-4-9(8-10)11-6-3-7-12(14)13(11)15/h2-8,15H,1H3. The van der Waals surface area contributed by atoms with Crippen molar-refractivity contribution in [2.75, 3.05) is 7.11 Å². The van der Waals surface area contributed by atoms with E-state index in [1.54, 1.807) is 43.5 Å². The number of para-hydroxylation sites is 1. The maximum absolute atomic E-state index is 13.2. The Labute approximate surface area is 92.9 Å². The number of phenolic OH excluding ortho intramolecular Hbond substituents is 1. The van der Waals surface area contributed by atoms with Crippen LogP contribution in [-0.2, 0) is 0 Å². The zero-order valence-electron chi connectivity index (χ0n) is 8.77. The van der Waals surface area contributed by atoms with E-state index in [0.717, 1.165) is 5.56 Å². The molecule has 2 nitrogen and oxygen atoms in total. The van der Waals surface area contributed by atoms with Gasteiger partial charge in [-0.2, -0.15) is 0 Å². The molecule has 2 aromatic rings. The van der Waals surface area contributed by atoms with Gasteiger partial charge >= 0.3 is 0 Å². The van der Waals surface area contributed by atoms with Gasteiger partial charge in [-0.25, -0.2) is 4.39 Å². The first-order valence-corrected chi connectivity index (χ1v) is 4.84. The van der Waals surface area contributed by atoms with E-state index >= 15 is 0 Å². The Morgan fingerprint density at radius 1 is 1.12 bits per heavy atom. The van der Waals surface area contributed by atoms with Gasteiger partial charge in [-0.3, -0.25) is 0 Å². The fourth-order valence-corrected chi connectivity index (χ4v) is 1.54. The third-order valence-corrected chi connectivity index (χ3v) is 2.37. The summed E-state index contributed by atoms with van der Waals surface area (Å²) in [4.78, 5) is 0. The number of hydrogen-bond acceptors (Lipinski definition) is 2. The molecule has 0 amide bonds. The molecule has 2 rings (SSSR count). The minimum atomic E-state index is -0.625. The average molecular weight is 218 g/mol. The lowest BCUT2D eigenvalue weighted by atomic mass is 10.0. The number of hydrogen-bond donors (Lipinski definition) is 1. The van der Waals surface area contributed by atoms with Gasteiger partial charge < -0.3 is 9.84 Å². The molecular formula is C13H11FO2. The summed E-state index contributed by atoms with van der Waals surface area (Å²) in [5.74, 6) is -0.294. The van der Waals surface area contributed by atoms with Crippen molar-refractivity contribution in [3.05, 3.63) is 48.3 Å². The number of ether oxygens (including phenoxy) is 1. The zero-order chi connectivity index (χ0) is 11.5. The fraction of sp³-hybridized carbons (Fsp3) is 0.0769. The summed E-state index contributed by atoms with van der Waals surface area (Å²) in [5.41, 5.74) is 1.18. The lowest BCUT2D eigenvalue weighted by Gasteiger charge is -2.07. The minimum Gasteiger partial charge on any atom is -0.504 e. The van der Waals surface area contributed by atoms with E-state index in [9.17, 15) is 9.50 Å². The number of phenols is 1. The first kappa shape index (κ1) is 10.5. The van der Waals surface area contributed by atoms with Crippen LogP contribution in [0.5, 0.6) is 11.5 Å². The van der Waals surface area contributed by atoms with Gasteiger partial charge in [0.25, 0.3) is 0 Å². The van der Waals surface area contributed by atoms with Crippen LogP contribution in [-0.4, -0.2) is 12.2 Å². The van der Waals surface area contributed by atoms with Crippen molar-refractivity contribution in [2.24, 2.45) is 0 Å². The summed E-state index contributed by atoms with van der Waals surface area (Å²) in [6, 6.07) is 11.6. The fourth-order valence-electron chi connectivity index (χ4n) is 1.54. The molecule has 0 aromatic heterocycles. The molecule has 0 bridgehead atoms. The number of aromatic hydroxyl groups is 1. The smallest absolute Gasteiger partial charge is 0.165 e. The Kier molecular flexibility index (Phi) is 2.77. The molecule has 16 heavy (non-hydrogen) atoms. The lowest BCUT2D eigenvalue weighted by Crippen LogP contribution is -1.85. The van der Waals surface area contributed by atoms with Crippen LogP contribution in [0.1, 0.15) is 0 Å². The molecule has 0 aliphatic rings. The van der Waals surface area contributed by atoms with Gasteiger partial charge in [-0.05, 0) is 23.8 Å². The Morgan fingerprint density at radius 3 is 2.62 bits per heavy atom. The maximum atomic E-state index is 13.2. The minimum absolute atomic E-state index is 0.337. The van der Waals surface area contributed by atoms with Crippen molar-refractivity contribution in [3.8, 4) is 22.6 Å². The highest BCUT2D eigenvalue weighted by atomic mass is 19.1. The third-order valence-electron chi connectivity index (χ3n) is 2.37. The van der Waals surface area contributed by atoms with Crippen LogP contribution in [0.2, 0.25) is 0 Å². The van der Waals surface area contributed by atoms with Gasteiger partial charge in [-0.1, -0.05) is 24.3 Å². The SMILES string of the molecule is COc1cccc(-c2cccc(F)c2O)c1. The number of rotatable bonds is 2. The molecule has 82 valence electrons. The summed E-state index contributed by atoms with van der Waals surface area (Å²) in [5, 5.41) is 9.60. The number of methoxy groups -OCH3 is 1. The molecule has 0 aliphatic carbocycles. The topological polar surface area (TPSA) is 29.5 Å². The molecule has 0 aliphatic heterocycles. The van der Waals surface area contributed by atoms with Crippen LogP contribution in [0.3, 0.4) is 0 Å². The van der Waals surface area contributed by atoms with Crippen molar-refractivity contribution in [3.63, 3.8) is 0 Å². The van der Waals surface area contributed by atoms with Gasteiger partial charge in [0, 0.05) is 5.56 Å². The second kappa shape index (κ2) is 4.23. The molecule has 0 fully saturated rings. The monoisotopic (exact) mass is 218 g/mol. The predicted molar refractivity (Wildman–Crippen MR) is 60.1 cm³/mol. The van der Waals surface area contributed by atoms with Gasteiger partial charge in [-0.15, -0.1) is 0 Å². The summed E-state index contributed by atoms with van der Waals surface area (Å²) >= 11 is 0. The Morgan fingerprint density at radius 2 is 1.88 bits per heavy atom. The van der Waals surface area contributed by atoms with Gasteiger partial charge in [0.05, 0.1) is 7.11 Å². The van der Waals surface area contributed by atoms with Crippen LogP contribution in [0.15, 0.2) is 42.5 Å². The Balaban J connectivity index is 2.54. The Bertz CT molecular complexity index is 509. The highest BCUT2D eigenvalue weighted by Crippen LogP contribution is 2.32. The maximum Gasteiger partial charge on any atom is 0.165 e. The van der Waals surface area contributed by atoms with E-state index in [-0.39, 0.29) is 5.75 Å². The second-order valence-corrected chi connectivity index (χ2v) is 3.37. The van der Waals surface area contributed by atoms with Crippen LogP contribution in [0, 0.1) is 5.82 Å². The molecule has 0 saturated carbocycles. The summed E-state index contributed by atoms with van der Waals surface area (Å²) < 4.78 is 18.2. The van der Waals surface area contributed by atoms with E-state index < -0.39 is 5.82 Å². The average Bonchev–Trinajstić information content (AvgIpc) is 2.33. The van der Waals surface area contributed by atoms with Crippen molar-refractivity contribution in [1.29, 1.82) is 0 Å². The van der Waals surface area contributed by atoms with Crippen LogP contribution in [0.4, 0.5) is 4.39 Å². The van der Waals surface area contributed by atoms with E-state index in [1.165, 1.54) is 6.07 Å². The number of halogens is 1. The quantitative estimate of drug-likeness (QED) is 0.838. The molecular weight excluding hydrogens is 207 g/mol. The predicted octanol–water partition coefficient (Wildman–Crippen LogP) is 3.21. The molecule has 0 radical (unpaired) electrons. The molecule has 0 unspecified atom stereocenters. The van der Waals surface area contributed by atoms with Crippen LogP contribution in [0.25, 0.3) is 11.1 Å². The molecule has 3 heteroatoms. The molecule has 2 aromatic carbocycles. The lowest BCUT2D eigenvalue weighted by molar-refractivity contribution is 0.415. The Hall–Kier alpha value is -2.03. The molecule has 0 saturated heterocycles. The normalized spacial score (nSPS) is 10.1. The largest absolute Gasteiger partial charge is 0.504 e. The summed E-state index contributed by atoms with van der Waals surface area (Å²) in [6.07, 6.45) is 0. The van der Waals surface area contributed by atoms with Crippen molar-refractivity contribution in [1.82, 2.24) is 0 Å². The number of benzene rings is 2. The third kappa shape index (κ3) is 1.84. The van der Waals surface area contributed by atoms with E-state index in [2.05, 4.69) is 0 Å². The van der Waals surface area contributed by atoms with Crippen molar-refractivity contribution in [2.45, 2.75) is 0 Å². The van der Waals surface area contributed by atoms with Gasteiger partial charge in [0.1, 0.15) is 5.75 Å². The second-order valence-electron chi connectivity index (χ2n) is 3.37. The highest BCUT2D eigenvalue weighted by molar-refractivity contribution is 5.71. The molecule has 0 spiro atoms. The van der Waals surface area contributed by atoms with Crippen LogP contribution >= 0.6 is 0 Å². The van der Waals surface area contributed by atoms with E-state index in [0.29, 0.717) is 11.3 Å². The molecule has 0 atom stereocenters. The van der Waals surface area contributed by atoms with Gasteiger partial charge in [0.15, 0.2) is 11.6 Å². The van der Waals surface area contributed by atoms with Gasteiger partial charge in [0.2, 0.25) is 0 Å². The van der Waals surface area contributed by atoms with E-state index in [1.807, 2.05) is 0 Å². The zero-order valence-corrected chi connectivity index (χ0v) is 8.77. The first-order valence-electron chi connectivity index (χ1n) is 4.84.